The Balaban J connectivity index is 2.48. The molecule has 0 unspecified atom stereocenters. The van der Waals surface area contributed by atoms with Crippen LogP contribution >= 0.6 is 0 Å². The summed E-state index contributed by atoms with van der Waals surface area (Å²) in [6, 6.07) is 6.80. The fourth-order valence-corrected chi connectivity index (χ4v) is 2.94. The number of nitrogens with two attached hydrogens (primary N) is 1. The number of para-hydroxylation sites is 2. The predicted molar refractivity (Wildman–Crippen MR) is 74.4 cm³/mol. The molecule has 0 saturated heterocycles. The van der Waals surface area contributed by atoms with Crippen molar-refractivity contribution in [3.05, 3.63) is 36.3 Å². The Hall–Kier alpha value is -2.02. The van der Waals surface area contributed by atoms with Gasteiger partial charge in [0.1, 0.15) is 5.82 Å². The van der Waals surface area contributed by atoms with Crippen LogP contribution in [0.3, 0.4) is 0 Å². The lowest BCUT2D eigenvalue weighted by Crippen LogP contribution is -2.27. The number of hydrogen-bond acceptors (Lipinski definition) is 4. The third-order valence-corrected chi connectivity index (χ3v) is 4.63. The molecule has 7 heteroatoms. The Morgan fingerprint density at radius 2 is 1.95 bits per heavy atom. The third-order valence-electron chi connectivity index (χ3n) is 2.99. The summed E-state index contributed by atoms with van der Waals surface area (Å²) in [5.41, 5.74) is 6.64. The van der Waals surface area contributed by atoms with Gasteiger partial charge in [0.25, 0.3) is 10.0 Å². The van der Waals surface area contributed by atoms with Gasteiger partial charge in [-0.25, -0.2) is 4.98 Å². The van der Waals surface area contributed by atoms with E-state index in [1.54, 1.807) is 42.8 Å². The van der Waals surface area contributed by atoms with E-state index in [1.165, 1.54) is 13.2 Å². The Morgan fingerprint density at radius 3 is 2.47 bits per heavy atom. The van der Waals surface area contributed by atoms with Crippen molar-refractivity contribution in [2.45, 2.75) is 11.9 Å². The van der Waals surface area contributed by atoms with Crippen LogP contribution in [0.5, 0.6) is 0 Å². The number of anilines is 2. The van der Waals surface area contributed by atoms with Crippen molar-refractivity contribution >= 4 is 21.4 Å². The minimum atomic E-state index is -3.69. The van der Waals surface area contributed by atoms with Crippen LogP contribution in [-0.2, 0) is 17.1 Å². The summed E-state index contributed by atoms with van der Waals surface area (Å²) in [5, 5.41) is 0.0123. The quantitative estimate of drug-likeness (QED) is 0.855. The van der Waals surface area contributed by atoms with Gasteiger partial charge in [-0.3, -0.25) is 4.31 Å². The van der Waals surface area contributed by atoms with Gasteiger partial charge in [-0.1, -0.05) is 12.1 Å². The average molecular weight is 280 g/mol. The zero-order chi connectivity index (χ0) is 14.2. The van der Waals surface area contributed by atoms with Crippen LogP contribution in [0.4, 0.5) is 11.4 Å². The summed E-state index contributed by atoms with van der Waals surface area (Å²) in [5.74, 6) is 0.632. The molecule has 0 aliphatic heterocycles. The molecule has 102 valence electrons. The second-order valence-electron chi connectivity index (χ2n) is 4.27. The van der Waals surface area contributed by atoms with Gasteiger partial charge in [0.2, 0.25) is 0 Å². The van der Waals surface area contributed by atoms with E-state index in [0.29, 0.717) is 17.2 Å². The highest BCUT2D eigenvalue weighted by Gasteiger charge is 2.25. The molecule has 0 amide bonds. The van der Waals surface area contributed by atoms with E-state index in [9.17, 15) is 8.42 Å². The number of rotatable bonds is 3. The molecular formula is C12H16N4O2S. The number of imidazole rings is 1. The largest absolute Gasteiger partial charge is 0.397 e. The van der Waals surface area contributed by atoms with E-state index in [0.717, 1.165) is 4.31 Å². The summed E-state index contributed by atoms with van der Waals surface area (Å²) in [7, 11) is -0.483. The molecule has 0 saturated carbocycles. The molecule has 2 rings (SSSR count). The summed E-state index contributed by atoms with van der Waals surface area (Å²) in [6.45, 7) is 1.75. The first-order valence-electron chi connectivity index (χ1n) is 5.67. The summed E-state index contributed by atoms with van der Waals surface area (Å²) >= 11 is 0. The van der Waals surface area contributed by atoms with E-state index in [4.69, 9.17) is 5.73 Å². The summed E-state index contributed by atoms with van der Waals surface area (Å²) in [6.07, 6.45) is 1.49. The Morgan fingerprint density at radius 1 is 1.32 bits per heavy atom. The van der Waals surface area contributed by atoms with Crippen molar-refractivity contribution in [2.75, 3.05) is 17.1 Å². The fraction of sp³-hybridized carbons (Fsp3) is 0.250. The molecule has 1 aromatic carbocycles. The molecule has 0 aliphatic carbocycles. The molecule has 1 aromatic heterocycles. The lowest BCUT2D eigenvalue weighted by atomic mass is 10.3. The van der Waals surface area contributed by atoms with Gasteiger partial charge in [0.15, 0.2) is 5.03 Å². The molecule has 0 spiro atoms. The highest BCUT2D eigenvalue weighted by molar-refractivity contribution is 7.92. The normalized spacial score (nSPS) is 11.5. The van der Waals surface area contributed by atoms with Crippen LogP contribution in [0.15, 0.2) is 35.5 Å². The number of benzene rings is 1. The maximum Gasteiger partial charge on any atom is 0.283 e. The van der Waals surface area contributed by atoms with Crippen molar-refractivity contribution in [3.63, 3.8) is 0 Å². The van der Waals surface area contributed by atoms with E-state index in [-0.39, 0.29) is 5.03 Å². The number of nitrogens with zero attached hydrogens (tertiary/aromatic N) is 3. The van der Waals surface area contributed by atoms with Gasteiger partial charge in [0.05, 0.1) is 11.4 Å². The summed E-state index contributed by atoms with van der Waals surface area (Å²) in [4.78, 5) is 4.05. The minimum absolute atomic E-state index is 0.0123. The predicted octanol–water partition coefficient (Wildman–Crippen LogP) is 1.14. The topological polar surface area (TPSA) is 81.2 Å². The number of nitrogen functional groups attached to an aromatic ring is 1. The van der Waals surface area contributed by atoms with Crippen molar-refractivity contribution in [2.24, 2.45) is 7.05 Å². The van der Waals surface area contributed by atoms with E-state index in [2.05, 4.69) is 4.98 Å². The zero-order valence-electron chi connectivity index (χ0n) is 11.0. The molecule has 0 radical (unpaired) electrons. The number of hydrogen-bond donors (Lipinski definition) is 1. The van der Waals surface area contributed by atoms with Crippen molar-refractivity contribution in [3.8, 4) is 0 Å². The lowest BCUT2D eigenvalue weighted by Gasteiger charge is -2.19. The highest BCUT2D eigenvalue weighted by atomic mass is 32.2. The second-order valence-corrected chi connectivity index (χ2v) is 6.18. The van der Waals surface area contributed by atoms with Crippen LogP contribution < -0.4 is 10.0 Å². The standard InChI is InChI=1S/C12H16N4O2S/c1-9-14-12(8-15(9)2)19(17,18)16(3)11-7-5-4-6-10(11)13/h4-8H,13H2,1-3H3. The molecular weight excluding hydrogens is 264 g/mol. The molecule has 2 aromatic rings. The molecule has 0 fully saturated rings. The van der Waals surface area contributed by atoms with Crippen LogP contribution in [-0.4, -0.2) is 25.0 Å². The van der Waals surface area contributed by atoms with Crippen molar-refractivity contribution in [1.82, 2.24) is 9.55 Å². The Kier molecular flexibility index (Phi) is 3.23. The first-order valence-corrected chi connectivity index (χ1v) is 7.11. The van der Waals surface area contributed by atoms with E-state index < -0.39 is 10.0 Å². The Bertz CT molecular complexity index is 687. The fourth-order valence-electron chi connectivity index (χ4n) is 1.69. The summed E-state index contributed by atoms with van der Waals surface area (Å²) < 4.78 is 27.7. The van der Waals surface area contributed by atoms with Gasteiger partial charge in [-0.15, -0.1) is 0 Å². The van der Waals surface area contributed by atoms with Crippen LogP contribution in [0, 0.1) is 6.92 Å². The smallest absolute Gasteiger partial charge is 0.283 e. The second kappa shape index (κ2) is 4.58. The van der Waals surface area contributed by atoms with Gasteiger partial charge in [0, 0.05) is 20.3 Å². The van der Waals surface area contributed by atoms with Crippen LogP contribution in [0.2, 0.25) is 0 Å². The minimum Gasteiger partial charge on any atom is -0.397 e. The van der Waals surface area contributed by atoms with E-state index in [1.807, 2.05) is 0 Å². The van der Waals surface area contributed by atoms with Gasteiger partial charge < -0.3 is 10.3 Å². The molecule has 0 bridgehead atoms. The van der Waals surface area contributed by atoms with E-state index >= 15 is 0 Å². The van der Waals surface area contributed by atoms with Gasteiger partial charge in [-0.2, -0.15) is 8.42 Å². The molecule has 0 aliphatic rings. The monoisotopic (exact) mass is 280 g/mol. The zero-order valence-corrected chi connectivity index (χ0v) is 11.8. The maximum atomic E-state index is 12.4. The first-order chi connectivity index (χ1) is 8.84. The number of sulfonamides is 1. The first kappa shape index (κ1) is 13.4. The molecule has 0 atom stereocenters. The maximum absolute atomic E-state index is 12.4. The molecule has 2 N–H and O–H groups in total. The van der Waals surface area contributed by atoms with Crippen molar-refractivity contribution in [1.29, 1.82) is 0 Å². The number of aromatic nitrogens is 2. The molecule has 6 nitrogen and oxygen atoms in total. The lowest BCUT2D eigenvalue weighted by molar-refractivity contribution is 0.591. The third kappa shape index (κ3) is 2.28. The van der Waals surface area contributed by atoms with Crippen molar-refractivity contribution < 1.29 is 8.42 Å². The van der Waals surface area contributed by atoms with Crippen LogP contribution in [0.1, 0.15) is 5.82 Å². The van der Waals surface area contributed by atoms with Crippen LogP contribution in [0.25, 0.3) is 0 Å². The van der Waals surface area contributed by atoms with Gasteiger partial charge in [-0.05, 0) is 19.1 Å². The number of aryl methyl sites for hydroxylation is 2. The van der Waals surface area contributed by atoms with Gasteiger partial charge >= 0.3 is 0 Å². The SMILES string of the molecule is Cc1nc(S(=O)(=O)N(C)c2ccccc2N)cn1C. The highest BCUT2D eigenvalue weighted by Crippen LogP contribution is 2.26. The Labute approximate surface area is 112 Å². The average Bonchev–Trinajstić information content (AvgIpc) is 2.70. The molecule has 1 heterocycles. The molecule has 19 heavy (non-hydrogen) atoms.